The average Bonchev–Trinajstić information content (AvgIpc) is 2.62. The number of amides is 1. The van der Waals surface area contributed by atoms with E-state index in [1.54, 1.807) is 19.1 Å². The van der Waals surface area contributed by atoms with Gasteiger partial charge in [-0.15, -0.1) is 0 Å². The normalized spacial score (nSPS) is 14.5. The molecule has 2 unspecified atom stereocenters. The maximum atomic E-state index is 12.2. The zero-order chi connectivity index (χ0) is 19.7. The Bertz CT molecular complexity index is 761. The fourth-order valence-corrected chi connectivity index (χ4v) is 1.88. The van der Waals surface area contributed by atoms with Crippen LogP contribution in [-0.4, -0.2) is 56.7 Å². The molecule has 1 amide bonds. The van der Waals surface area contributed by atoms with Crippen molar-refractivity contribution in [1.82, 2.24) is 5.32 Å². The Morgan fingerprint density at radius 2 is 1.85 bits per heavy atom. The quantitative estimate of drug-likeness (QED) is 0.445. The Morgan fingerprint density at radius 1 is 1.23 bits per heavy atom. The molecule has 0 aliphatic rings. The van der Waals surface area contributed by atoms with E-state index in [4.69, 9.17) is 10.2 Å². The van der Waals surface area contributed by atoms with Gasteiger partial charge in [-0.05, 0) is 49.5 Å². The van der Waals surface area contributed by atoms with Gasteiger partial charge in [0, 0.05) is 11.1 Å². The Hall–Kier alpha value is -2.84. The van der Waals surface area contributed by atoms with E-state index in [9.17, 15) is 19.8 Å². The lowest BCUT2D eigenvalue weighted by molar-refractivity contribution is -0.146. The molecule has 138 valence electrons. The Morgan fingerprint density at radius 3 is 2.35 bits per heavy atom. The van der Waals surface area contributed by atoms with Crippen molar-refractivity contribution < 1.29 is 30.0 Å². The molecule has 0 aliphatic heterocycles. The zero-order valence-corrected chi connectivity index (χ0v) is 14.5. The third-order valence-electron chi connectivity index (χ3n) is 3.69. The zero-order valence-electron chi connectivity index (χ0n) is 14.5. The summed E-state index contributed by atoms with van der Waals surface area (Å²) in [6.45, 7) is 2.50. The van der Waals surface area contributed by atoms with Gasteiger partial charge in [0.15, 0.2) is 6.04 Å². The van der Waals surface area contributed by atoms with Gasteiger partial charge in [0.2, 0.25) is 0 Å². The number of carboxylic acids is 1. The van der Waals surface area contributed by atoms with E-state index in [1.165, 1.54) is 19.1 Å². The van der Waals surface area contributed by atoms with Crippen molar-refractivity contribution in [3.8, 4) is 23.7 Å². The third-order valence-corrected chi connectivity index (χ3v) is 3.69. The highest BCUT2D eigenvalue weighted by molar-refractivity contribution is 5.97. The molecule has 0 radical (unpaired) electrons. The molecule has 1 aromatic rings. The van der Waals surface area contributed by atoms with Crippen molar-refractivity contribution in [3.05, 3.63) is 35.4 Å². The van der Waals surface area contributed by atoms with Crippen molar-refractivity contribution in [3.63, 3.8) is 0 Å². The van der Waals surface area contributed by atoms with Gasteiger partial charge in [-0.2, -0.15) is 0 Å². The van der Waals surface area contributed by atoms with Gasteiger partial charge in [0.1, 0.15) is 6.10 Å². The third kappa shape index (κ3) is 6.23. The molecular formula is C19H21NO6. The van der Waals surface area contributed by atoms with Gasteiger partial charge in [-0.25, -0.2) is 4.79 Å². The van der Waals surface area contributed by atoms with Crippen LogP contribution in [-0.2, 0) is 4.79 Å². The second-order valence-electron chi connectivity index (χ2n) is 5.75. The van der Waals surface area contributed by atoms with Crippen molar-refractivity contribution in [2.24, 2.45) is 0 Å². The number of aliphatic hydroxyl groups excluding tert-OH is 2. The molecule has 0 fully saturated rings. The van der Waals surface area contributed by atoms with E-state index >= 15 is 0 Å². The van der Waals surface area contributed by atoms with Gasteiger partial charge in [0.05, 0.1) is 12.2 Å². The molecule has 0 heterocycles. The van der Waals surface area contributed by atoms with Crippen molar-refractivity contribution in [2.75, 3.05) is 6.61 Å². The molecule has 0 saturated heterocycles. The number of nitrogens with one attached hydrogen (secondary N) is 1. The number of hydrogen-bond acceptors (Lipinski definition) is 5. The van der Waals surface area contributed by atoms with Crippen LogP contribution in [0.2, 0.25) is 0 Å². The summed E-state index contributed by atoms with van der Waals surface area (Å²) in [5.41, 5.74) is -0.801. The number of carbonyl (C=O) groups is 2. The Balaban J connectivity index is 2.84. The van der Waals surface area contributed by atoms with Crippen LogP contribution in [0.15, 0.2) is 24.3 Å². The monoisotopic (exact) mass is 359 g/mol. The van der Waals surface area contributed by atoms with E-state index < -0.39 is 36.2 Å². The summed E-state index contributed by atoms with van der Waals surface area (Å²) in [6.07, 6.45) is -0.983. The molecular weight excluding hydrogens is 338 g/mol. The molecule has 0 bridgehead atoms. The molecule has 7 nitrogen and oxygen atoms in total. The molecule has 5 N–H and O–H groups in total. The van der Waals surface area contributed by atoms with E-state index in [0.29, 0.717) is 5.56 Å². The SMILES string of the molecule is CCC(C)(O)[C@H](NC(=O)c1ccc(C#CC#CC(O)CO)cc1)C(=O)O. The number of carboxylic acid groups (broad SMARTS) is 1. The summed E-state index contributed by atoms with van der Waals surface area (Å²) >= 11 is 0. The lowest BCUT2D eigenvalue weighted by atomic mass is 9.93. The van der Waals surface area contributed by atoms with Crippen LogP contribution in [0.3, 0.4) is 0 Å². The maximum absolute atomic E-state index is 12.2. The average molecular weight is 359 g/mol. The van der Waals surface area contributed by atoms with E-state index in [0.717, 1.165) is 0 Å². The topological polar surface area (TPSA) is 127 Å². The lowest BCUT2D eigenvalue weighted by Gasteiger charge is -2.29. The number of carbonyl (C=O) groups excluding carboxylic acids is 1. The smallest absolute Gasteiger partial charge is 0.329 e. The van der Waals surface area contributed by atoms with Crippen LogP contribution in [0.1, 0.15) is 36.2 Å². The second-order valence-corrected chi connectivity index (χ2v) is 5.75. The first kappa shape index (κ1) is 21.2. The predicted molar refractivity (Wildman–Crippen MR) is 94.0 cm³/mol. The minimum Gasteiger partial charge on any atom is -0.480 e. The standard InChI is InChI=1S/C19H21NO6/c1-3-19(2,26)16(18(24)25)20-17(23)14-10-8-13(9-11-14)6-4-5-7-15(22)12-21/h8-11,15-16,21-22,26H,3,12H2,1-2H3,(H,20,23)(H,24,25)/t15?,16-,19?/m1/s1. The van der Waals surface area contributed by atoms with Crippen molar-refractivity contribution in [2.45, 2.75) is 38.0 Å². The van der Waals surface area contributed by atoms with E-state index in [2.05, 4.69) is 29.0 Å². The summed E-state index contributed by atoms with van der Waals surface area (Å²) in [6, 6.07) is 4.61. The van der Waals surface area contributed by atoms with Gasteiger partial charge >= 0.3 is 5.97 Å². The number of aliphatic hydroxyl groups is 3. The molecule has 0 aliphatic carbocycles. The largest absolute Gasteiger partial charge is 0.480 e. The summed E-state index contributed by atoms with van der Waals surface area (Å²) in [5, 5.41) is 39.3. The van der Waals surface area contributed by atoms with Gasteiger partial charge in [0.25, 0.3) is 5.91 Å². The maximum Gasteiger partial charge on any atom is 0.329 e. The van der Waals surface area contributed by atoms with Crippen LogP contribution in [0.5, 0.6) is 0 Å². The molecule has 0 aromatic heterocycles. The minimum absolute atomic E-state index is 0.158. The molecule has 7 heteroatoms. The predicted octanol–water partition coefficient (Wildman–Crippen LogP) is -0.261. The van der Waals surface area contributed by atoms with Crippen LogP contribution in [0.4, 0.5) is 0 Å². The molecule has 0 spiro atoms. The van der Waals surface area contributed by atoms with Gasteiger partial charge < -0.3 is 25.7 Å². The summed E-state index contributed by atoms with van der Waals surface area (Å²) < 4.78 is 0. The fraction of sp³-hybridized carbons (Fsp3) is 0.368. The Labute approximate surface area is 151 Å². The molecule has 1 aromatic carbocycles. The van der Waals surface area contributed by atoms with Crippen LogP contribution >= 0.6 is 0 Å². The number of hydrogen-bond donors (Lipinski definition) is 5. The lowest BCUT2D eigenvalue weighted by Crippen LogP contribution is -2.55. The van der Waals surface area contributed by atoms with E-state index in [-0.39, 0.29) is 12.0 Å². The summed E-state index contributed by atoms with van der Waals surface area (Å²) in [4.78, 5) is 23.5. The molecule has 26 heavy (non-hydrogen) atoms. The van der Waals surface area contributed by atoms with Gasteiger partial charge in [-0.1, -0.05) is 18.8 Å². The van der Waals surface area contributed by atoms with Crippen LogP contribution in [0, 0.1) is 23.7 Å². The highest BCUT2D eigenvalue weighted by Crippen LogP contribution is 2.15. The highest BCUT2D eigenvalue weighted by Gasteiger charge is 2.37. The minimum atomic E-state index is -1.58. The second kappa shape index (κ2) is 9.59. The number of rotatable bonds is 6. The molecule has 3 atom stereocenters. The first-order chi connectivity index (χ1) is 12.2. The number of aliphatic carboxylic acids is 1. The summed E-state index contributed by atoms with van der Waals surface area (Å²) in [5.74, 6) is 7.96. The van der Waals surface area contributed by atoms with Crippen LogP contribution in [0.25, 0.3) is 0 Å². The molecule has 0 saturated carbocycles. The first-order valence-corrected chi connectivity index (χ1v) is 7.87. The van der Waals surface area contributed by atoms with Crippen molar-refractivity contribution in [1.29, 1.82) is 0 Å². The first-order valence-electron chi connectivity index (χ1n) is 7.87. The van der Waals surface area contributed by atoms with Crippen molar-refractivity contribution >= 4 is 11.9 Å². The number of benzene rings is 1. The fourth-order valence-electron chi connectivity index (χ4n) is 1.88. The van der Waals surface area contributed by atoms with Gasteiger partial charge in [-0.3, -0.25) is 4.79 Å². The summed E-state index contributed by atoms with van der Waals surface area (Å²) in [7, 11) is 0. The molecule has 1 rings (SSSR count). The highest BCUT2D eigenvalue weighted by atomic mass is 16.4. The van der Waals surface area contributed by atoms with E-state index in [1.807, 2.05) is 0 Å². The Kier molecular flexibility index (Phi) is 7.82. The van der Waals surface area contributed by atoms with Crippen LogP contribution < -0.4 is 5.32 Å².